The summed E-state index contributed by atoms with van der Waals surface area (Å²) in [5.41, 5.74) is 4.12. The summed E-state index contributed by atoms with van der Waals surface area (Å²) in [5.74, 6) is -0.654. The third kappa shape index (κ3) is 2.93. The first-order valence-corrected chi connectivity index (χ1v) is 6.76. The summed E-state index contributed by atoms with van der Waals surface area (Å²) in [6.07, 6.45) is -4.37. The lowest BCUT2D eigenvalue weighted by Crippen LogP contribution is -2.76. The average molecular weight is 296 g/mol. The number of hydrogen-bond donors (Lipinski definition) is 1. The fraction of sp³-hybridized carbons (Fsp3) is 0.923. The molecule has 4 nitrogen and oxygen atoms in total. The van der Waals surface area contributed by atoms with Gasteiger partial charge in [-0.3, -0.25) is 4.79 Å². The van der Waals surface area contributed by atoms with Crippen molar-refractivity contribution in [3.8, 4) is 0 Å². The van der Waals surface area contributed by atoms with Crippen molar-refractivity contribution in [2.75, 3.05) is 19.7 Å². The molecular weight excluding hydrogens is 273 g/mol. The normalized spacial score (nSPS) is 28.9. The molecule has 1 rings (SSSR count). The third-order valence-corrected chi connectivity index (χ3v) is 4.25. The summed E-state index contributed by atoms with van der Waals surface area (Å²) in [7, 11) is 0. The van der Waals surface area contributed by atoms with Crippen LogP contribution in [0, 0.1) is 5.41 Å². The summed E-state index contributed by atoms with van der Waals surface area (Å²) < 4.78 is 43.0. The first kappa shape index (κ1) is 17.2. The van der Waals surface area contributed by atoms with E-state index in [4.69, 9.17) is 10.5 Å². The maximum absolute atomic E-state index is 12.5. The predicted octanol–water partition coefficient (Wildman–Crippen LogP) is 1.93. The molecule has 1 amide bonds. The van der Waals surface area contributed by atoms with Crippen molar-refractivity contribution >= 4 is 5.91 Å². The van der Waals surface area contributed by atoms with Crippen molar-refractivity contribution < 1.29 is 22.7 Å². The molecule has 0 aliphatic heterocycles. The standard InChI is InChI=1S/C13H23F3N2O2/c1-5-18(8-13(14,15)16)10(19)12(17)7-9(20-6-2)11(12,3)4/h9H,5-8,17H2,1-4H3. The van der Waals surface area contributed by atoms with E-state index in [1.165, 1.54) is 6.92 Å². The Hall–Kier alpha value is -0.820. The molecule has 1 aliphatic carbocycles. The fourth-order valence-electron chi connectivity index (χ4n) is 2.62. The Kier molecular flexibility index (Phi) is 4.76. The Balaban J connectivity index is 2.86. The van der Waals surface area contributed by atoms with E-state index >= 15 is 0 Å². The van der Waals surface area contributed by atoms with Gasteiger partial charge in [0.1, 0.15) is 12.1 Å². The van der Waals surface area contributed by atoms with E-state index in [0.717, 1.165) is 4.90 Å². The number of alkyl halides is 3. The van der Waals surface area contributed by atoms with Gasteiger partial charge >= 0.3 is 6.18 Å². The number of hydrogen-bond acceptors (Lipinski definition) is 3. The Labute approximate surface area is 117 Å². The van der Waals surface area contributed by atoms with E-state index in [9.17, 15) is 18.0 Å². The van der Waals surface area contributed by atoms with Gasteiger partial charge in [0.25, 0.3) is 0 Å². The van der Waals surface area contributed by atoms with E-state index in [0.29, 0.717) is 6.61 Å². The van der Waals surface area contributed by atoms with E-state index in [2.05, 4.69) is 0 Å². The van der Waals surface area contributed by atoms with E-state index in [1.54, 1.807) is 13.8 Å². The average Bonchev–Trinajstić information content (AvgIpc) is 2.33. The number of carbonyl (C=O) groups is 1. The summed E-state index contributed by atoms with van der Waals surface area (Å²) in [5, 5.41) is 0. The maximum Gasteiger partial charge on any atom is 0.406 e. The van der Waals surface area contributed by atoms with E-state index in [-0.39, 0.29) is 19.1 Å². The molecule has 0 spiro atoms. The molecule has 0 aromatic heterocycles. The summed E-state index contributed by atoms with van der Waals surface area (Å²) in [6.45, 7) is 6.06. The van der Waals surface area contributed by atoms with Gasteiger partial charge in [-0.15, -0.1) is 0 Å². The van der Waals surface area contributed by atoms with E-state index < -0.39 is 29.6 Å². The summed E-state index contributed by atoms with van der Waals surface area (Å²) in [4.78, 5) is 13.1. The lowest BCUT2D eigenvalue weighted by atomic mass is 9.54. The highest BCUT2D eigenvalue weighted by atomic mass is 19.4. The lowest BCUT2D eigenvalue weighted by molar-refractivity contribution is -0.190. The molecule has 0 bridgehead atoms. The second kappa shape index (κ2) is 5.52. The zero-order chi connectivity index (χ0) is 15.8. The molecule has 0 saturated heterocycles. The zero-order valence-corrected chi connectivity index (χ0v) is 12.4. The molecule has 2 N–H and O–H groups in total. The van der Waals surface area contributed by atoms with Crippen LogP contribution in [0.5, 0.6) is 0 Å². The minimum absolute atomic E-state index is 0.0212. The van der Waals surface area contributed by atoms with Crippen molar-refractivity contribution in [3.63, 3.8) is 0 Å². The maximum atomic E-state index is 12.5. The number of likely N-dealkylation sites (N-methyl/N-ethyl adjacent to an activating group) is 1. The van der Waals surface area contributed by atoms with E-state index in [1.807, 2.05) is 6.92 Å². The molecule has 0 aromatic rings. The number of carbonyl (C=O) groups excluding carboxylic acids is 1. The molecule has 7 heteroatoms. The highest BCUT2D eigenvalue weighted by Crippen LogP contribution is 2.50. The fourth-order valence-corrected chi connectivity index (χ4v) is 2.62. The van der Waals surface area contributed by atoms with Gasteiger partial charge in [-0.25, -0.2) is 0 Å². The van der Waals surface area contributed by atoms with Crippen molar-refractivity contribution in [3.05, 3.63) is 0 Å². The number of amides is 1. The molecule has 2 atom stereocenters. The SMILES string of the molecule is CCOC1CC(N)(C(=O)N(CC)CC(F)(F)F)C1(C)C. The topological polar surface area (TPSA) is 55.6 Å². The van der Waals surface area contributed by atoms with Crippen LogP contribution >= 0.6 is 0 Å². The smallest absolute Gasteiger partial charge is 0.378 e. The van der Waals surface area contributed by atoms with Gasteiger partial charge < -0.3 is 15.4 Å². The Morgan fingerprint density at radius 1 is 1.40 bits per heavy atom. The number of nitrogens with zero attached hydrogens (tertiary/aromatic N) is 1. The summed E-state index contributed by atoms with van der Waals surface area (Å²) >= 11 is 0. The predicted molar refractivity (Wildman–Crippen MR) is 69.0 cm³/mol. The Morgan fingerprint density at radius 2 is 1.95 bits per heavy atom. The molecule has 118 valence electrons. The molecular formula is C13H23F3N2O2. The number of rotatable bonds is 5. The van der Waals surface area contributed by atoms with Gasteiger partial charge in [-0.1, -0.05) is 13.8 Å². The van der Waals surface area contributed by atoms with Crippen LogP contribution in [0.3, 0.4) is 0 Å². The molecule has 2 unspecified atom stereocenters. The second-order valence-corrected chi connectivity index (χ2v) is 5.78. The largest absolute Gasteiger partial charge is 0.406 e. The first-order chi connectivity index (χ1) is 8.99. The number of nitrogens with two attached hydrogens (primary N) is 1. The van der Waals surface area contributed by atoms with Crippen LogP contribution in [0.4, 0.5) is 13.2 Å². The minimum Gasteiger partial charge on any atom is -0.378 e. The van der Waals surface area contributed by atoms with Gasteiger partial charge in [0.2, 0.25) is 5.91 Å². The number of halogens is 3. The van der Waals surface area contributed by atoms with Gasteiger partial charge in [-0.2, -0.15) is 13.2 Å². The lowest BCUT2D eigenvalue weighted by Gasteiger charge is -2.58. The van der Waals surface area contributed by atoms with Crippen molar-refractivity contribution in [1.82, 2.24) is 4.90 Å². The van der Waals surface area contributed by atoms with Crippen LogP contribution in [-0.4, -0.2) is 48.3 Å². The van der Waals surface area contributed by atoms with Gasteiger partial charge in [0, 0.05) is 25.0 Å². The van der Waals surface area contributed by atoms with Gasteiger partial charge in [0.15, 0.2) is 0 Å². The van der Waals surface area contributed by atoms with Crippen molar-refractivity contribution in [1.29, 1.82) is 0 Å². The molecule has 1 fully saturated rings. The molecule has 0 radical (unpaired) electrons. The van der Waals surface area contributed by atoms with Crippen LogP contribution < -0.4 is 5.73 Å². The molecule has 0 aromatic carbocycles. The Bertz CT molecular complexity index is 371. The van der Waals surface area contributed by atoms with Gasteiger partial charge in [0.05, 0.1) is 6.10 Å². The highest BCUT2D eigenvalue weighted by Gasteiger charge is 2.64. The molecule has 20 heavy (non-hydrogen) atoms. The van der Waals surface area contributed by atoms with Crippen LogP contribution in [0.15, 0.2) is 0 Å². The monoisotopic (exact) mass is 296 g/mol. The summed E-state index contributed by atoms with van der Waals surface area (Å²) in [6, 6.07) is 0. The number of ether oxygens (including phenoxy) is 1. The third-order valence-electron chi connectivity index (χ3n) is 4.25. The van der Waals surface area contributed by atoms with Gasteiger partial charge in [-0.05, 0) is 13.8 Å². The van der Waals surface area contributed by atoms with Crippen LogP contribution in [-0.2, 0) is 9.53 Å². The zero-order valence-electron chi connectivity index (χ0n) is 12.4. The minimum atomic E-state index is -4.42. The molecule has 1 aliphatic rings. The van der Waals surface area contributed by atoms with Crippen LogP contribution in [0.2, 0.25) is 0 Å². The van der Waals surface area contributed by atoms with Crippen LogP contribution in [0.1, 0.15) is 34.1 Å². The van der Waals surface area contributed by atoms with Crippen LogP contribution in [0.25, 0.3) is 0 Å². The first-order valence-electron chi connectivity index (χ1n) is 6.76. The van der Waals surface area contributed by atoms with Crippen molar-refractivity contribution in [2.45, 2.75) is 51.9 Å². The Morgan fingerprint density at radius 3 is 2.30 bits per heavy atom. The molecule has 1 saturated carbocycles. The van der Waals surface area contributed by atoms with Crippen molar-refractivity contribution in [2.24, 2.45) is 11.1 Å². The highest BCUT2D eigenvalue weighted by molar-refractivity contribution is 5.89. The second-order valence-electron chi connectivity index (χ2n) is 5.78. The quantitative estimate of drug-likeness (QED) is 0.843. The molecule has 0 heterocycles.